The zero-order valence-electron chi connectivity index (χ0n) is 13.1. The lowest BCUT2D eigenvalue weighted by atomic mass is 10.1. The molecule has 0 radical (unpaired) electrons. The topological polar surface area (TPSA) is 86.4 Å². The average Bonchev–Trinajstić information content (AvgIpc) is 2.56. The van der Waals surface area contributed by atoms with E-state index in [1.54, 1.807) is 12.1 Å². The summed E-state index contributed by atoms with van der Waals surface area (Å²) in [6.45, 7) is 2.89. The Balaban J connectivity index is 3.11. The molecule has 0 unspecified atom stereocenters. The van der Waals surface area contributed by atoms with Crippen LogP contribution in [0.4, 0.5) is 0 Å². The summed E-state index contributed by atoms with van der Waals surface area (Å²) in [5, 5.41) is 17.4. The summed E-state index contributed by atoms with van der Waals surface area (Å²) < 4.78 is 11.4. The standard InChI is InChI=1S/C16H18BrN3O3/c1-3-23-15-13(17)10-12(11-14(15)22-2)16(21)20(8-4-6-18)9-5-7-19/h10-11H,3-5,8-9H2,1-2H3. The molecule has 0 N–H and O–H groups in total. The molecule has 0 aromatic heterocycles. The molecule has 1 aromatic rings. The van der Waals surface area contributed by atoms with Crippen LogP contribution in [0.2, 0.25) is 0 Å². The van der Waals surface area contributed by atoms with Crippen molar-refractivity contribution in [2.45, 2.75) is 19.8 Å². The van der Waals surface area contributed by atoms with Gasteiger partial charge in [0.15, 0.2) is 11.5 Å². The highest BCUT2D eigenvalue weighted by Crippen LogP contribution is 2.37. The van der Waals surface area contributed by atoms with Crippen LogP contribution in [0.5, 0.6) is 11.5 Å². The number of rotatable bonds is 8. The van der Waals surface area contributed by atoms with Crippen LogP contribution in [0.1, 0.15) is 30.1 Å². The van der Waals surface area contributed by atoms with E-state index in [2.05, 4.69) is 15.9 Å². The van der Waals surface area contributed by atoms with Gasteiger partial charge in [-0.1, -0.05) is 0 Å². The molecule has 0 aliphatic heterocycles. The summed E-state index contributed by atoms with van der Waals surface area (Å²) in [5.41, 5.74) is 0.410. The predicted molar refractivity (Wildman–Crippen MR) is 88.2 cm³/mol. The molecule has 0 aliphatic carbocycles. The third-order valence-corrected chi connectivity index (χ3v) is 3.63. The Labute approximate surface area is 144 Å². The highest BCUT2D eigenvalue weighted by atomic mass is 79.9. The van der Waals surface area contributed by atoms with Gasteiger partial charge in [0.25, 0.3) is 5.91 Å². The Kier molecular flexibility index (Phi) is 7.93. The second-order valence-corrected chi connectivity index (χ2v) is 5.39. The van der Waals surface area contributed by atoms with Gasteiger partial charge >= 0.3 is 0 Å². The van der Waals surface area contributed by atoms with Crippen LogP contribution in [0.25, 0.3) is 0 Å². The Hall–Kier alpha value is -2.25. The number of carbonyl (C=O) groups is 1. The molecule has 0 saturated carbocycles. The second kappa shape index (κ2) is 9.70. The van der Waals surface area contributed by atoms with Crippen molar-refractivity contribution < 1.29 is 14.3 Å². The fraction of sp³-hybridized carbons (Fsp3) is 0.438. The van der Waals surface area contributed by atoms with Crippen LogP contribution in [-0.2, 0) is 0 Å². The van der Waals surface area contributed by atoms with Gasteiger partial charge in [0.1, 0.15) is 0 Å². The summed E-state index contributed by atoms with van der Waals surface area (Å²) in [4.78, 5) is 14.1. The number of amides is 1. The third-order valence-electron chi connectivity index (χ3n) is 3.04. The van der Waals surface area contributed by atoms with E-state index in [-0.39, 0.29) is 31.8 Å². The number of ether oxygens (including phenoxy) is 2. The van der Waals surface area contributed by atoms with Gasteiger partial charge in [0, 0.05) is 18.7 Å². The van der Waals surface area contributed by atoms with Crippen molar-refractivity contribution in [2.24, 2.45) is 0 Å². The lowest BCUT2D eigenvalue weighted by molar-refractivity contribution is 0.0762. The van der Waals surface area contributed by atoms with E-state index in [0.717, 1.165) is 0 Å². The molecule has 1 rings (SSSR count). The van der Waals surface area contributed by atoms with E-state index in [1.165, 1.54) is 12.0 Å². The molecule has 0 aliphatic rings. The van der Waals surface area contributed by atoms with Crippen molar-refractivity contribution in [1.29, 1.82) is 10.5 Å². The van der Waals surface area contributed by atoms with Gasteiger partial charge in [0.2, 0.25) is 0 Å². The first-order valence-corrected chi connectivity index (χ1v) is 7.91. The molecule has 23 heavy (non-hydrogen) atoms. The Morgan fingerprint density at radius 2 is 1.87 bits per heavy atom. The normalized spacial score (nSPS) is 9.61. The molecular formula is C16H18BrN3O3. The number of nitrogens with zero attached hydrogens (tertiary/aromatic N) is 3. The van der Waals surface area contributed by atoms with Gasteiger partial charge in [0.05, 0.1) is 43.2 Å². The molecule has 0 saturated heterocycles. The van der Waals surface area contributed by atoms with Gasteiger partial charge in [-0.15, -0.1) is 0 Å². The first kappa shape index (κ1) is 18.8. The number of methoxy groups -OCH3 is 1. The van der Waals surface area contributed by atoms with Crippen molar-refractivity contribution >= 4 is 21.8 Å². The van der Waals surface area contributed by atoms with Crippen LogP contribution in [0.15, 0.2) is 16.6 Å². The van der Waals surface area contributed by atoms with E-state index in [9.17, 15) is 4.79 Å². The maximum atomic E-state index is 12.6. The van der Waals surface area contributed by atoms with E-state index < -0.39 is 0 Å². The summed E-state index contributed by atoms with van der Waals surface area (Å²) in [5.74, 6) is 0.731. The first-order valence-electron chi connectivity index (χ1n) is 7.12. The zero-order chi connectivity index (χ0) is 17.2. The van der Waals surface area contributed by atoms with E-state index in [1.807, 2.05) is 19.1 Å². The van der Waals surface area contributed by atoms with Crippen molar-refractivity contribution in [2.75, 3.05) is 26.8 Å². The lowest BCUT2D eigenvalue weighted by Crippen LogP contribution is -2.32. The monoisotopic (exact) mass is 379 g/mol. The SMILES string of the molecule is CCOc1c(Br)cc(C(=O)N(CCC#N)CCC#N)cc1OC. The predicted octanol–water partition coefficient (Wildman–Crippen LogP) is 3.13. The molecule has 0 bridgehead atoms. The summed E-state index contributed by atoms with van der Waals surface area (Å²) in [6.07, 6.45) is 0.430. The molecule has 0 heterocycles. The summed E-state index contributed by atoms with van der Waals surface area (Å²) in [7, 11) is 1.50. The highest BCUT2D eigenvalue weighted by molar-refractivity contribution is 9.10. The molecule has 6 nitrogen and oxygen atoms in total. The van der Waals surface area contributed by atoms with Crippen LogP contribution in [0, 0.1) is 22.7 Å². The average molecular weight is 380 g/mol. The van der Waals surface area contributed by atoms with E-state index in [0.29, 0.717) is 28.1 Å². The quantitative estimate of drug-likeness (QED) is 0.692. The largest absolute Gasteiger partial charge is 0.493 e. The molecule has 7 heteroatoms. The minimum Gasteiger partial charge on any atom is -0.493 e. The lowest BCUT2D eigenvalue weighted by Gasteiger charge is -2.21. The summed E-state index contributed by atoms with van der Waals surface area (Å²) in [6, 6.07) is 7.28. The molecule has 1 amide bonds. The third kappa shape index (κ3) is 5.15. The smallest absolute Gasteiger partial charge is 0.254 e. The number of hydrogen-bond acceptors (Lipinski definition) is 5. The molecular weight excluding hydrogens is 362 g/mol. The molecule has 1 aromatic carbocycles. The molecule has 0 atom stereocenters. The first-order chi connectivity index (χ1) is 11.1. The van der Waals surface area contributed by atoms with E-state index in [4.69, 9.17) is 20.0 Å². The second-order valence-electron chi connectivity index (χ2n) is 4.53. The van der Waals surface area contributed by atoms with Gasteiger partial charge in [-0.3, -0.25) is 4.79 Å². The minimum absolute atomic E-state index is 0.215. The van der Waals surface area contributed by atoms with Gasteiger partial charge in [-0.2, -0.15) is 10.5 Å². The Morgan fingerprint density at radius 1 is 1.26 bits per heavy atom. The number of nitriles is 2. The van der Waals surface area contributed by atoms with Crippen LogP contribution >= 0.6 is 15.9 Å². The summed E-state index contributed by atoms with van der Waals surface area (Å²) >= 11 is 3.38. The molecule has 122 valence electrons. The van der Waals surface area contributed by atoms with E-state index >= 15 is 0 Å². The Bertz CT molecular complexity index is 617. The van der Waals surface area contributed by atoms with Crippen molar-refractivity contribution in [3.05, 3.63) is 22.2 Å². The number of halogens is 1. The van der Waals surface area contributed by atoms with Crippen LogP contribution < -0.4 is 9.47 Å². The van der Waals surface area contributed by atoms with Gasteiger partial charge < -0.3 is 14.4 Å². The zero-order valence-corrected chi connectivity index (χ0v) is 14.7. The number of benzene rings is 1. The minimum atomic E-state index is -0.252. The highest BCUT2D eigenvalue weighted by Gasteiger charge is 2.20. The molecule has 0 spiro atoms. The van der Waals surface area contributed by atoms with Crippen LogP contribution in [-0.4, -0.2) is 37.6 Å². The maximum Gasteiger partial charge on any atom is 0.254 e. The fourth-order valence-corrected chi connectivity index (χ4v) is 2.55. The van der Waals surface area contributed by atoms with Crippen molar-refractivity contribution in [3.63, 3.8) is 0 Å². The fourth-order valence-electron chi connectivity index (χ4n) is 2.00. The maximum absolute atomic E-state index is 12.6. The van der Waals surface area contributed by atoms with Crippen molar-refractivity contribution in [3.8, 4) is 23.6 Å². The number of carbonyl (C=O) groups excluding carboxylic acids is 1. The van der Waals surface area contributed by atoms with Crippen molar-refractivity contribution in [1.82, 2.24) is 4.90 Å². The van der Waals surface area contributed by atoms with Gasteiger partial charge in [-0.05, 0) is 35.0 Å². The number of hydrogen-bond donors (Lipinski definition) is 0. The molecule has 0 fully saturated rings. The van der Waals surface area contributed by atoms with Gasteiger partial charge in [-0.25, -0.2) is 0 Å². The van der Waals surface area contributed by atoms with Crippen LogP contribution in [0.3, 0.4) is 0 Å². The Morgan fingerprint density at radius 3 is 2.35 bits per heavy atom.